The number of nitrogens with zero attached hydrogens (tertiary/aromatic N) is 5. The molecule has 1 fully saturated rings. The van der Waals surface area contributed by atoms with Crippen LogP contribution in [0, 0.1) is 11.6 Å². The summed E-state index contributed by atoms with van der Waals surface area (Å²) in [5.41, 5.74) is 1.04. The zero-order valence-electron chi connectivity index (χ0n) is 16.2. The molecular weight excluding hydrogens is 471 g/mol. The van der Waals surface area contributed by atoms with Crippen LogP contribution in [0.25, 0.3) is 5.69 Å². The van der Waals surface area contributed by atoms with Crippen molar-refractivity contribution < 1.29 is 28.4 Å². The monoisotopic (exact) mass is 485 g/mol. The lowest BCUT2D eigenvalue weighted by Gasteiger charge is -2.37. The van der Waals surface area contributed by atoms with E-state index in [1.807, 2.05) is 0 Å². The van der Waals surface area contributed by atoms with Crippen LogP contribution in [0.3, 0.4) is 0 Å². The molecule has 32 heavy (non-hydrogen) atoms. The third-order valence-corrected chi connectivity index (χ3v) is 5.07. The SMILES string of the molecule is O=C(O)C(Cc1ccc(F)cc1F)N1CON(c2cc(Cl)ccc2-n2cc(Cl)nn2)CO1. The van der Waals surface area contributed by atoms with Crippen molar-refractivity contribution in [1.29, 1.82) is 0 Å². The number of anilines is 1. The minimum Gasteiger partial charge on any atom is -0.480 e. The molecule has 1 aliphatic rings. The molecule has 0 spiro atoms. The summed E-state index contributed by atoms with van der Waals surface area (Å²) < 4.78 is 28.6. The molecule has 3 aromatic rings. The fourth-order valence-electron chi connectivity index (χ4n) is 3.11. The van der Waals surface area contributed by atoms with Gasteiger partial charge in [0.1, 0.15) is 17.7 Å². The first-order chi connectivity index (χ1) is 15.3. The Morgan fingerprint density at radius 3 is 2.56 bits per heavy atom. The normalized spacial score (nSPS) is 15.7. The molecule has 2 heterocycles. The number of halogens is 4. The maximum absolute atomic E-state index is 14.0. The summed E-state index contributed by atoms with van der Waals surface area (Å²) in [5.74, 6) is -2.85. The molecular formula is C19H15Cl2F2N5O4. The van der Waals surface area contributed by atoms with Gasteiger partial charge in [0, 0.05) is 17.5 Å². The molecule has 4 rings (SSSR count). The van der Waals surface area contributed by atoms with Crippen molar-refractivity contribution in [2.75, 3.05) is 18.5 Å². The van der Waals surface area contributed by atoms with Crippen molar-refractivity contribution in [1.82, 2.24) is 20.1 Å². The number of hydroxylamine groups is 3. The van der Waals surface area contributed by atoms with Crippen LogP contribution in [0.2, 0.25) is 10.2 Å². The van der Waals surface area contributed by atoms with E-state index in [0.29, 0.717) is 22.5 Å². The number of hydrogen-bond acceptors (Lipinski definition) is 7. The minimum atomic E-state index is -1.27. The van der Waals surface area contributed by atoms with Gasteiger partial charge in [-0.3, -0.25) is 14.5 Å². The van der Waals surface area contributed by atoms with Gasteiger partial charge >= 0.3 is 5.97 Å². The zero-order chi connectivity index (χ0) is 22.8. The van der Waals surface area contributed by atoms with Crippen molar-refractivity contribution in [3.05, 3.63) is 70.0 Å². The lowest BCUT2D eigenvalue weighted by Crippen LogP contribution is -2.51. The summed E-state index contributed by atoms with van der Waals surface area (Å²) >= 11 is 12.0. The lowest BCUT2D eigenvalue weighted by atomic mass is 10.1. The van der Waals surface area contributed by atoms with Gasteiger partial charge in [-0.05, 0) is 29.8 Å². The van der Waals surface area contributed by atoms with Crippen LogP contribution >= 0.6 is 23.2 Å². The number of hydrogen-bond donors (Lipinski definition) is 1. The zero-order valence-corrected chi connectivity index (χ0v) is 17.7. The van der Waals surface area contributed by atoms with Crippen LogP contribution in [-0.4, -0.2) is 50.6 Å². The topological polar surface area (TPSA) is 93.0 Å². The highest BCUT2D eigenvalue weighted by molar-refractivity contribution is 6.31. The van der Waals surface area contributed by atoms with E-state index < -0.39 is 23.6 Å². The van der Waals surface area contributed by atoms with Gasteiger partial charge in [-0.1, -0.05) is 34.5 Å². The quantitative estimate of drug-likeness (QED) is 0.567. The standard InChI is InChI=1S/C19H15Cl2F2N5O4/c20-12-2-4-15(26-8-18(21)24-25-26)16(6-12)27-9-32-28(10-31-27)17(19(29)30)5-11-1-3-13(22)7-14(11)23/h1-4,6-8,17H,5,9-10H2,(H,29,30). The molecule has 1 unspecified atom stereocenters. The van der Waals surface area contributed by atoms with E-state index in [1.165, 1.54) is 22.0 Å². The molecule has 1 atom stereocenters. The van der Waals surface area contributed by atoms with Gasteiger partial charge in [-0.15, -0.1) is 10.2 Å². The Morgan fingerprint density at radius 1 is 1.12 bits per heavy atom. The first-order valence-corrected chi connectivity index (χ1v) is 9.92. The molecule has 9 nitrogen and oxygen atoms in total. The maximum atomic E-state index is 14.0. The van der Waals surface area contributed by atoms with E-state index in [4.69, 9.17) is 32.9 Å². The van der Waals surface area contributed by atoms with Crippen LogP contribution in [0.1, 0.15) is 5.56 Å². The molecule has 0 bridgehead atoms. The molecule has 0 radical (unpaired) electrons. The summed E-state index contributed by atoms with van der Waals surface area (Å²) in [6.45, 7) is -0.491. The third kappa shape index (κ3) is 4.81. The number of rotatable bonds is 6. The summed E-state index contributed by atoms with van der Waals surface area (Å²) in [6.07, 6.45) is 1.23. The number of carbonyl (C=O) groups is 1. The van der Waals surface area contributed by atoms with Crippen molar-refractivity contribution >= 4 is 34.9 Å². The number of benzene rings is 2. The predicted molar refractivity (Wildman–Crippen MR) is 109 cm³/mol. The first kappa shape index (κ1) is 22.4. The highest BCUT2D eigenvalue weighted by Gasteiger charge is 2.33. The molecule has 13 heteroatoms. The minimum absolute atomic E-state index is 0.0324. The third-order valence-electron chi connectivity index (χ3n) is 4.66. The molecule has 0 amide bonds. The van der Waals surface area contributed by atoms with Crippen LogP contribution in [0.5, 0.6) is 0 Å². The summed E-state index contributed by atoms with van der Waals surface area (Å²) in [7, 11) is 0. The fraction of sp³-hybridized carbons (Fsp3) is 0.211. The molecule has 2 aromatic carbocycles. The Labute approximate surface area is 190 Å². The number of aliphatic carboxylic acids is 1. The average Bonchev–Trinajstić information content (AvgIpc) is 3.19. The molecule has 1 saturated heterocycles. The van der Waals surface area contributed by atoms with E-state index >= 15 is 0 Å². The summed E-state index contributed by atoms with van der Waals surface area (Å²) in [6, 6.07) is 6.60. The second-order valence-corrected chi connectivity index (χ2v) is 7.55. The Kier molecular flexibility index (Phi) is 6.53. The second-order valence-electron chi connectivity index (χ2n) is 6.72. The summed E-state index contributed by atoms with van der Waals surface area (Å²) in [5, 5.41) is 20.3. The van der Waals surface area contributed by atoms with E-state index in [1.54, 1.807) is 18.2 Å². The molecule has 168 valence electrons. The highest BCUT2D eigenvalue weighted by Crippen LogP contribution is 2.30. The van der Waals surface area contributed by atoms with E-state index in [2.05, 4.69) is 10.3 Å². The molecule has 1 N–H and O–H groups in total. The smallest absolute Gasteiger partial charge is 0.323 e. The number of aromatic nitrogens is 3. The van der Waals surface area contributed by atoms with Crippen LogP contribution < -0.4 is 5.06 Å². The Hall–Kier alpha value is -2.83. The predicted octanol–water partition coefficient (Wildman–Crippen LogP) is 3.45. The van der Waals surface area contributed by atoms with Crippen molar-refractivity contribution in [2.45, 2.75) is 12.5 Å². The fourth-order valence-corrected chi connectivity index (χ4v) is 3.40. The van der Waals surface area contributed by atoms with Gasteiger partial charge < -0.3 is 5.11 Å². The lowest BCUT2D eigenvalue weighted by molar-refractivity contribution is -0.282. The van der Waals surface area contributed by atoms with Crippen LogP contribution in [0.15, 0.2) is 42.6 Å². The number of carboxylic acids is 1. The Balaban J connectivity index is 1.51. The largest absolute Gasteiger partial charge is 0.480 e. The second kappa shape index (κ2) is 9.35. The van der Waals surface area contributed by atoms with Crippen LogP contribution in [-0.2, 0) is 20.9 Å². The Bertz CT molecular complexity index is 1140. The maximum Gasteiger partial charge on any atom is 0.323 e. The van der Waals surface area contributed by atoms with E-state index in [9.17, 15) is 18.7 Å². The molecule has 0 saturated carbocycles. The van der Waals surface area contributed by atoms with Crippen molar-refractivity contribution in [3.8, 4) is 5.69 Å². The first-order valence-electron chi connectivity index (χ1n) is 9.16. The van der Waals surface area contributed by atoms with E-state index in [0.717, 1.165) is 11.1 Å². The van der Waals surface area contributed by atoms with E-state index in [-0.39, 0.29) is 30.6 Å². The van der Waals surface area contributed by atoms with Gasteiger partial charge in [0.2, 0.25) is 0 Å². The molecule has 1 aromatic heterocycles. The molecule has 0 aliphatic carbocycles. The Morgan fingerprint density at radius 2 is 1.94 bits per heavy atom. The van der Waals surface area contributed by atoms with Crippen molar-refractivity contribution in [2.24, 2.45) is 0 Å². The highest BCUT2D eigenvalue weighted by atomic mass is 35.5. The van der Waals surface area contributed by atoms with Gasteiger partial charge in [0.25, 0.3) is 0 Å². The average molecular weight is 486 g/mol. The van der Waals surface area contributed by atoms with Crippen molar-refractivity contribution in [3.63, 3.8) is 0 Å². The van der Waals surface area contributed by atoms with Gasteiger partial charge in [0.05, 0.1) is 17.6 Å². The number of carboxylic acid groups (broad SMARTS) is 1. The summed E-state index contributed by atoms with van der Waals surface area (Å²) in [4.78, 5) is 23.0. The van der Waals surface area contributed by atoms with Gasteiger partial charge in [-0.2, -0.15) is 0 Å². The van der Waals surface area contributed by atoms with Gasteiger partial charge in [0.15, 0.2) is 18.6 Å². The van der Waals surface area contributed by atoms with Crippen LogP contribution in [0.4, 0.5) is 14.5 Å². The van der Waals surface area contributed by atoms with Gasteiger partial charge in [-0.25, -0.2) is 18.5 Å². The molecule has 1 aliphatic heterocycles.